The summed E-state index contributed by atoms with van der Waals surface area (Å²) in [4.78, 5) is 21.0. The summed E-state index contributed by atoms with van der Waals surface area (Å²) in [5.41, 5.74) is 0. The molecule has 0 bridgehead atoms. The number of hydrogen-bond acceptors (Lipinski definition) is 4. The van der Waals surface area contributed by atoms with E-state index in [9.17, 15) is 4.79 Å². The summed E-state index contributed by atoms with van der Waals surface area (Å²) in [6, 6.07) is 0.449. The molecule has 3 fully saturated rings. The second kappa shape index (κ2) is 12.4. The van der Waals surface area contributed by atoms with Crippen LogP contribution in [-0.4, -0.2) is 86.7 Å². The van der Waals surface area contributed by atoms with Crippen LogP contribution in [0.25, 0.3) is 0 Å². The summed E-state index contributed by atoms with van der Waals surface area (Å²) in [5.74, 6) is 1.16. The zero-order valence-electron chi connectivity index (χ0n) is 18.3. The third-order valence-electron chi connectivity index (χ3n) is 6.20. The molecule has 3 aliphatic rings. The predicted octanol–water partition coefficient (Wildman–Crippen LogP) is 1.98. The lowest BCUT2D eigenvalue weighted by Gasteiger charge is -2.36. The molecule has 0 aromatic rings. The van der Waals surface area contributed by atoms with E-state index in [-0.39, 0.29) is 5.91 Å². The quantitative estimate of drug-likeness (QED) is 0.265. The Morgan fingerprint density at radius 3 is 2.38 bits per heavy atom. The highest BCUT2D eigenvalue weighted by Gasteiger charge is 2.25. The molecular weight excluding hydrogens is 366 g/mol. The number of ether oxygens (including phenoxy) is 1. The third-order valence-corrected chi connectivity index (χ3v) is 6.20. The molecule has 2 saturated carbocycles. The average molecular weight is 408 g/mol. The number of nitrogens with one attached hydrogen (secondary N) is 2. The molecule has 29 heavy (non-hydrogen) atoms. The van der Waals surface area contributed by atoms with Crippen LogP contribution in [-0.2, 0) is 9.53 Å². The van der Waals surface area contributed by atoms with Crippen molar-refractivity contribution in [2.45, 2.75) is 76.4 Å². The van der Waals surface area contributed by atoms with Crippen LogP contribution >= 0.6 is 0 Å². The van der Waals surface area contributed by atoms with E-state index in [2.05, 4.69) is 25.4 Å². The SMILES string of the molecule is CN=C(NCCCCOC1CCCCCC1)N1CCN(CC(=O)NC2CC2)CC1. The van der Waals surface area contributed by atoms with Gasteiger partial charge in [0.2, 0.25) is 5.91 Å². The van der Waals surface area contributed by atoms with Crippen LogP contribution < -0.4 is 10.6 Å². The minimum atomic E-state index is 0.175. The van der Waals surface area contributed by atoms with Crippen molar-refractivity contribution >= 4 is 11.9 Å². The predicted molar refractivity (Wildman–Crippen MR) is 117 cm³/mol. The fraction of sp³-hybridized carbons (Fsp3) is 0.909. The Bertz CT molecular complexity index is 507. The van der Waals surface area contributed by atoms with Crippen LogP contribution in [0.2, 0.25) is 0 Å². The Morgan fingerprint density at radius 1 is 1.00 bits per heavy atom. The molecule has 7 heteroatoms. The number of piperazine rings is 1. The summed E-state index contributed by atoms with van der Waals surface area (Å²) in [6.45, 7) is 6.00. The van der Waals surface area contributed by atoms with E-state index in [1.807, 2.05) is 7.05 Å². The Morgan fingerprint density at radius 2 is 1.72 bits per heavy atom. The molecule has 3 rings (SSSR count). The average Bonchev–Trinajstić information content (AvgIpc) is 3.56. The van der Waals surface area contributed by atoms with Gasteiger partial charge in [0.05, 0.1) is 12.6 Å². The molecule has 1 amide bonds. The van der Waals surface area contributed by atoms with Gasteiger partial charge in [-0.15, -0.1) is 0 Å². The van der Waals surface area contributed by atoms with E-state index in [0.29, 0.717) is 18.7 Å². The number of amides is 1. The molecule has 0 aromatic heterocycles. The summed E-state index contributed by atoms with van der Waals surface area (Å²) < 4.78 is 6.08. The Hall–Kier alpha value is -1.34. The summed E-state index contributed by atoms with van der Waals surface area (Å²) in [7, 11) is 1.85. The number of guanidine groups is 1. The number of rotatable bonds is 9. The topological polar surface area (TPSA) is 69.2 Å². The lowest BCUT2D eigenvalue weighted by molar-refractivity contribution is -0.122. The van der Waals surface area contributed by atoms with E-state index < -0.39 is 0 Å². The monoisotopic (exact) mass is 407 g/mol. The zero-order valence-corrected chi connectivity index (χ0v) is 18.3. The minimum absolute atomic E-state index is 0.175. The van der Waals surface area contributed by atoms with E-state index in [1.165, 1.54) is 38.5 Å². The van der Waals surface area contributed by atoms with Gasteiger partial charge in [0.15, 0.2) is 5.96 Å². The van der Waals surface area contributed by atoms with Gasteiger partial charge >= 0.3 is 0 Å². The van der Waals surface area contributed by atoms with E-state index in [4.69, 9.17) is 4.74 Å². The maximum Gasteiger partial charge on any atom is 0.234 e. The van der Waals surface area contributed by atoms with Gasteiger partial charge < -0.3 is 20.3 Å². The molecule has 2 aliphatic carbocycles. The molecule has 166 valence electrons. The number of hydrogen-bond donors (Lipinski definition) is 2. The lowest BCUT2D eigenvalue weighted by atomic mass is 10.1. The van der Waals surface area contributed by atoms with Crippen molar-refractivity contribution in [2.75, 3.05) is 52.9 Å². The first-order valence-corrected chi connectivity index (χ1v) is 11.8. The second-order valence-electron chi connectivity index (χ2n) is 8.77. The van der Waals surface area contributed by atoms with Crippen LogP contribution in [0.5, 0.6) is 0 Å². The molecule has 0 spiro atoms. The van der Waals surface area contributed by atoms with Crippen LogP contribution in [0.1, 0.15) is 64.2 Å². The molecule has 1 saturated heterocycles. The van der Waals surface area contributed by atoms with Crippen molar-refractivity contribution in [3.05, 3.63) is 0 Å². The molecular formula is C22H41N5O2. The lowest BCUT2D eigenvalue weighted by Crippen LogP contribution is -2.54. The molecule has 0 radical (unpaired) electrons. The van der Waals surface area contributed by atoms with Gasteiger partial charge in [0.1, 0.15) is 0 Å². The Labute approximate surface area is 176 Å². The van der Waals surface area contributed by atoms with Gasteiger partial charge in [0.25, 0.3) is 0 Å². The minimum Gasteiger partial charge on any atom is -0.378 e. The van der Waals surface area contributed by atoms with Gasteiger partial charge in [-0.1, -0.05) is 25.7 Å². The van der Waals surface area contributed by atoms with Crippen molar-refractivity contribution < 1.29 is 9.53 Å². The number of carbonyl (C=O) groups excluding carboxylic acids is 1. The number of aliphatic imine (C=N–C) groups is 1. The maximum absolute atomic E-state index is 12.0. The van der Waals surface area contributed by atoms with Gasteiger partial charge in [-0.2, -0.15) is 0 Å². The Balaban J connectivity index is 1.23. The number of carbonyl (C=O) groups is 1. The molecule has 1 aliphatic heterocycles. The smallest absolute Gasteiger partial charge is 0.234 e. The highest BCUT2D eigenvalue weighted by Crippen LogP contribution is 2.20. The number of unbranched alkanes of at least 4 members (excludes halogenated alkanes) is 1. The van der Waals surface area contributed by atoms with Crippen LogP contribution in [0.15, 0.2) is 4.99 Å². The Kier molecular flexibility index (Phi) is 9.54. The van der Waals surface area contributed by atoms with Crippen molar-refractivity contribution in [1.82, 2.24) is 20.4 Å². The van der Waals surface area contributed by atoms with Crippen LogP contribution in [0.4, 0.5) is 0 Å². The summed E-state index contributed by atoms with van der Waals surface area (Å²) in [6.07, 6.45) is 12.9. The first-order valence-electron chi connectivity index (χ1n) is 11.8. The first-order chi connectivity index (χ1) is 14.2. The van der Waals surface area contributed by atoms with Gasteiger partial charge in [-0.05, 0) is 38.5 Å². The second-order valence-corrected chi connectivity index (χ2v) is 8.77. The fourth-order valence-electron chi connectivity index (χ4n) is 4.24. The molecule has 0 unspecified atom stereocenters. The first kappa shape index (κ1) is 22.3. The highest BCUT2D eigenvalue weighted by molar-refractivity contribution is 5.80. The number of nitrogens with zero attached hydrogens (tertiary/aromatic N) is 3. The van der Waals surface area contributed by atoms with E-state index in [0.717, 1.165) is 71.0 Å². The van der Waals surface area contributed by atoms with Gasteiger partial charge in [-0.3, -0.25) is 14.7 Å². The van der Waals surface area contributed by atoms with Gasteiger partial charge in [-0.25, -0.2) is 0 Å². The van der Waals surface area contributed by atoms with E-state index in [1.54, 1.807) is 0 Å². The van der Waals surface area contributed by atoms with Crippen molar-refractivity contribution in [3.63, 3.8) is 0 Å². The largest absolute Gasteiger partial charge is 0.378 e. The van der Waals surface area contributed by atoms with Crippen molar-refractivity contribution in [1.29, 1.82) is 0 Å². The fourth-order valence-corrected chi connectivity index (χ4v) is 4.24. The third kappa shape index (κ3) is 8.51. The zero-order chi connectivity index (χ0) is 20.3. The molecule has 0 aromatic carbocycles. The van der Waals surface area contributed by atoms with Crippen molar-refractivity contribution in [2.24, 2.45) is 4.99 Å². The molecule has 7 nitrogen and oxygen atoms in total. The van der Waals surface area contributed by atoms with Gasteiger partial charge in [0, 0.05) is 52.4 Å². The standard InChI is InChI=1S/C22H41N5O2/c1-23-22(24-12-6-7-17-29-20-8-4-2-3-5-9-20)27-15-13-26(14-16-27)18-21(28)25-19-10-11-19/h19-20H,2-18H2,1H3,(H,23,24)(H,25,28). The molecule has 1 heterocycles. The van der Waals surface area contributed by atoms with Crippen LogP contribution in [0.3, 0.4) is 0 Å². The molecule has 2 N–H and O–H groups in total. The normalized spacial score (nSPS) is 22.4. The summed E-state index contributed by atoms with van der Waals surface area (Å²) in [5, 5.41) is 6.57. The molecule has 0 atom stereocenters. The van der Waals surface area contributed by atoms with Crippen molar-refractivity contribution in [3.8, 4) is 0 Å². The van der Waals surface area contributed by atoms with Crippen LogP contribution in [0, 0.1) is 0 Å². The maximum atomic E-state index is 12.0. The highest BCUT2D eigenvalue weighted by atomic mass is 16.5. The summed E-state index contributed by atoms with van der Waals surface area (Å²) >= 11 is 0. The van der Waals surface area contributed by atoms with E-state index >= 15 is 0 Å².